The zero-order chi connectivity index (χ0) is 11.6. The monoisotopic (exact) mass is 229 g/mol. The van der Waals surface area contributed by atoms with Gasteiger partial charge in [0.15, 0.2) is 0 Å². The first kappa shape index (κ1) is 11.8. The Labute approximate surface area is 92.7 Å². The van der Waals surface area contributed by atoms with Crippen LogP contribution in [0.5, 0.6) is 5.75 Å². The Kier molecular flexibility index (Phi) is 3.55. The summed E-state index contributed by atoms with van der Waals surface area (Å²) in [5, 5.41) is 19.0. The molecule has 0 bridgehead atoms. The van der Waals surface area contributed by atoms with Gasteiger partial charge in [-0.1, -0.05) is 11.6 Å². The topological polar surface area (TPSA) is 60.8 Å². The van der Waals surface area contributed by atoms with Crippen LogP contribution >= 0.6 is 11.6 Å². The Morgan fingerprint density at radius 3 is 2.53 bits per heavy atom. The van der Waals surface area contributed by atoms with Gasteiger partial charge in [-0.25, -0.2) is 0 Å². The van der Waals surface area contributed by atoms with Crippen molar-refractivity contribution in [3.8, 4) is 5.75 Å². The first-order valence-corrected chi connectivity index (χ1v) is 4.69. The van der Waals surface area contributed by atoms with Crippen molar-refractivity contribution in [2.45, 2.75) is 6.04 Å². The van der Waals surface area contributed by atoms with Crippen LogP contribution in [0.25, 0.3) is 0 Å². The van der Waals surface area contributed by atoms with E-state index in [-0.39, 0.29) is 5.75 Å². The molecule has 0 aromatic heterocycles. The number of phenols is 1. The van der Waals surface area contributed by atoms with E-state index in [1.54, 1.807) is 14.1 Å². The molecule has 1 aromatic carbocycles. The van der Waals surface area contributed by atoms with Gasteiger partial charge in [0, 0.05) is 10.6 Å². The van der Waals surface area contributed by atoms with E-state index >= 15 is 0 Å². The lowest BCUT2D eigenvalue weighted by molar-refractivity contribution is -0.142. The van der Waals surface area contributed by atoms with Crippen LogP contribution in [0.4, 0.5) is 0 Å². The number of carboxylic acid groups (broad SMARTS) is 1. The van der Waals surface area contributed by atoms with Crippen LogP contribution in [-0.2, 0) is 4.79 Å². The van der Waals surface area contributed by atoms with Crippen LogP contribution in [0.15, 0.2) is 18.2 Å². The fraction of sp³-hybridized carbons (Fsp3) is 0.300. The molecule has 1 unspecified atom stereocenters. The normalized spacial score (nSPS) is 12.8. The van der Waals surface area contributed by atoms with Gasteiger partial charge in [0.1, 0.15) is 11.8 Å². The molecule has 0 saturated carbocycles. The minimum atomic E-state index is -1.03. The van der Waals surface area contributed by atoms with Gasteiger partial charge in [-0.05, 0) is 32.3 Å². The number of aromatic hydroxyl groups is 1. The molecule has 0 heterocycles. The smallest absolute Gasteiger partial charge is 0.325 e. The van der Waals surface area contributed by atoms with Crippen molar-refractivity contribution in [2.75, 3.05) is 14.1 Å². The SMILES string of the molecule is CN(C)C(C(=O)O)c1cc(Cl)ccc1O. The van der Waals surface area contributed by atoms with Crippen molar-refractivity contribution < 1.29 is 15.0 Å². The molecule has 0 fully saturated rings. The summed E-state index contributed by atoms with van der Waals surface area (Å²) >= 11 is 5.75. The highest BCUT2D eigenvalue weighted by Crippen LogP contribution is 2.30. The van der Waals surface area contributed by atoms with Gasteiger partial charge in [0.05, 0.1) is 0 Å². The van der Waals surface area contributed by atoms with Crippen molar-refractivity contribution in [1.29, 1.82) is 0 Å². The van der Waals surface area contributed by atoms with Crippen molar-refractivity contribution in [2.24, 2.45) is 0 Å². The number of halogens is 1. The third-order valence-corrected chi connectivity index (χ3v) is 2.27. The van der Waals surface area contributed by atoms with Gasteiger partial charge in [0.25, 0.3) is 0 Å². The van der Waals surface area contributed by atoms with E-state index in [0.29, 0.717) is 10.6 Å². The third kappa shape index (κ3) is 2.61. The predicted octanol–water partition coefficient (Wildman–Crippen LogP) is 1.73. The predicted molar refractivity (Wildman–Crippen MR) is 57.2 cm³/mol. The molecule has 4 nitrogen and oxygen atoms in total. The molecule has 0 spiro atoms. The quantitative estimate of drug-likeness (QED) is 0.829. The number of nitrogens with zero attached hydrogens (tertiary/aromatic N) is 1. The number of hydrogen-bond acceptors (Lipinski definition) is 3. The van der Waals surface area contributed by atoms with Crippen LogP contribution in [0.3, 0.4) is 0 Å². The van der Waals surface area contributed by atoms with Gasteiger partial charge < -0.3 is 10.2 Å². The van der Waals surface area contributed by atoms with Crippen molar-refractivity contribution in [3.05, 3.63) is 28.8 Å². The van der Waals surface area contributed by atoms with E-state index in [9.17, 15) is 9.90 Å². The lowest BCUT2D eigenvalue weighted by atomic mass is 10.1. The molecule has 82 valence electrons. The van der Waals surface area contributed by atoms with E-state index in [1.807, 2.05) is 0 Å². The number of rotatable bonds is 3. The standard InChI is InChI=1S/C10H12ClNO3/c1-12(2)9(10(14)15)7-5-6(11)3-4-8(7)13/h3-5,9,13H,1-2H3,(H,14,15). The third-order valence-electron chi connectivity index (χ3n) is 2.03. The van der Waals surface area contributed by atoms with E-state index in [1.165, 1.54) is 23.1 Å². The summed E-state index contributed by atoms with van der Waals surface area (Å²) in [7, 11) is 3.25. The maximum Gasteiger partial charge on any atom is 0.325 e. The fourth-order valence-electron chi connectivity index (χ4n) is 1.38. The van der Waals surface area contributed by atoms with Crippen LogP contribution in [0.1, 0.15) is 11.6 Å². The van der Waals surface area contributed by atoms with Crippen LogP contribution in [-0.4, -0.2) is 35.2 Å². The molecule has 2 N–H and O–H groups in total. The molecule has 0 radical (unpaired) electrons. The lowest BCUT2D eigenvalue weighted by Crippen LogP contribution is -2.27. The molecule has 1 rings (SSSR count). The van der Waals surface area contributed by atoms with E-state index in [2.05, 4.69) is 0 Å². The van der Waals surface area contributed by atoms with E-state index in [4.69, 9.17) is 16.7 Å². The summed E-state index contributed by atoms with van der Waals surface area (Å²) < 4.78 is 0. The maximum atomic E-state index is 11.0. The van der Waals surface area contributed by atoms with Gasteiger partial charge in [0.2, 0.25) is 0 Å². The molecule has 1 atom stereocenters. The number of benzene rings is 1. The van der Waals surface area contributed by atoms with Crippen molar-refractivity contribution >= 4 is 17.6 Å². The van der Waals surface area contributed by atoms with Crippen LogP contribution in [0.2, 0.25) is 5.02 Å². The Morgan fingerprint density at radius 2 is 2.07 bits per heavy atom. The summed E-state index contributed by atoms with van der Waals surface area (Å²) in [5.41, 5.74) is 0.292. The van der Waals surface area contributed by atoms with Gasteiger partial charge in [-0.15, -0.1) is 0 Å². The fourth-order valence-corrected chi connectivity index (χ4v) is 1.56. The van der Waals surface area contributed by atoms with Crippen LogP contribution in [0, 0.1) is 0 Å². The van der Waals surface area contributed by atoms with E-state index < -0.39 is 12.0 Å². The second-order valence-corrected chi connectivity index (χ2v) is 3.84. The number of likely N-dealkylation sites (N-methyl/N-ethyl adjacent to an activating group) is 1. The molecule has 0 saturated heterocycles. The van der Waals surface area contributed by atoms with Crippen molar-refractivity contribution in [1.82, 2.24) is 4.90 Å². The largest absolute Gasteiger partial charge is 0.508 e. The van der Waals surface area contributed by atoms with E-state index in [0.717, 1.165) is 0 Å². The Morgan fingerprint density at radius 1 is 1.47 bits per heavy atom. The highest BCUT2D eigenvalue weighted by Gasteiger charge is 2.25. The summed E-state index contributed by atoms with van der Waals surface area (Å²) in [4.78, 5) is 12.5. The second-order valence-electron chi connectivity index (χ2n) is 3.41. The highest BCUT2D eigenvalue weighted by molar-refractivity contribution is 6.30. The molecule has 15 heavy (non-hydrogen) atoms. The minimum Gasteiger partial charge on any atom is -0.508 e. The first-order valence-electron chi connectivity index (χ1n) is 4.31. The Hall–Kier alpha value is -1.26. The Bertz CT molecular complexity index is 379. The molecule has 1 aromatic rings. The van der Waals surface area contributed by atoms with Gasteiger partial charge in [-0.2, -0.15) is 0 Å². The lowest BCUT2D eigenvalue weighted by Gasteiger charge is -2.21. The number of carboxylic acids is 1. The van der Waals surface area contributed by atoms with Gasteiger partial charge in [-0.3, -0.25) is 9.69 Å². The molecular weight excluding hydrogens is 218 g/mol. The Balaban J connectivity index is 3.22. The molecular formula is C10H12ClNO3. The zero-order valence-electron chi connectivity index (χ0n) is 8.44. The first-order chi connectivity index (χ1) is 6.93. The average Bonchev–Trinajstić information content (AvgIpc) is 2.10. The number of aliphatic carboxylic acids is 1. The number of phenolic OH excluding ortho intramolecular Hbond substituents is 1. The van der Waals surface area contributed by atoms with Crippen LogP contribution < -0.4 is 0 Å². The molecule has 5 heteroatoms. The molecule has 0 aliphatic heterocycles. The number of carbonyl (C=O) groups is 1. The summed E-state index contributed by atoms with van der Waals surface area (Å²) in [5.74, 6) is -1.10. The average molecular weight is 230 g/mol. The van der Waals surface area contributed by atoms with Crippen molar-refractivity contribution in [3.63, 3.8) is 0 Å². The molecule has 0 aliphatic rings. The second kappa shape index (κ2) is 4.51. The molecule has 0 aliphatic carbocycles. The molecule has 0 amide bonds. The minimum absolute atomic E-state index is 0.0690. The zero-order valence-corrected chi connectivity index (χ0v) is 9.19. The summed E-state index contributed by atoms with van der Waals surface area (Å²) in [6, 6.07) is 3.45. The van der Waals surface area contributed by atoms with Gasteiger partial charge >= 0.3 is 5.97 Å². The number of hydrogen-bond donors (Lipinski definition) is 2. The maximum absolute atomic E-state index is 11.0. The summed E-state index contributed by atoms with van der Waals surface area (Å²) in [6.45, 7) is 0. The highest BCUT2D eigenvalue weighted by atomic mass is 35.5. The summed E-state index contributed by atoms with van der Waals surface area (Å²) in [6.07, 6.45) is 0.